The Kier molecular flexibility index (Phi) is 6.39. The SMILES string of the molecule is C=CC(=O)OC(C)COC12c3ccccc3C(c3ccccc31)C(C(=O)Nc1ccccc1)C2C(=O)O. The van der Waals surface area contributed by atoms with Gasteiger partial charge in [-0.3, -0.25) is 9.59 Å². The largest absolute Gasteiger partial charge is 0.481 e. The molecular formula is C30H27NO6. The number of nitrogens with one attached hydrogen (secondary N) is 1. The van der Waals surface area contributed by atoms with Crippen LogP contribution in [0.3, 0.4) is 0 Å². The molecule has 0 saturated heterocycles. The van der Waals surface area contributed by atoms with Crippen LogP contribution >= 0.6 is 0 Å². The molecule has 0 fully saturated rings. The zero-order valence-electron chi connectivity index (χ0n) is 20.3. The van der Waals surface area contributed by atoms with Crippen molar-refractivity contribution in [2.45, 2.75) is 24.5 Å². The molecule has 1 amide bonds. The van der Waals surface area contributed by atoms with Crippen LogP contribution in [-0.4, -0.2) is 35.7 Å². The maximum Gasteiger partial charge on any atom is 0.330 e. The fourth-order valence-electron chi connectivity index (χ4n) is 5.84. The summed E-state index contributed by atoms with van der Waals surface area (Å²) in [5.74, 6) is -4.79. The molecule has 3 aliphatic rings. The third-order valence-corrected chi connectivity index (χ3v) is 7.19. The van der Waals surface area contributed by atoms with Crippen LogP contribution in [0.15, 0.2) is 91.5 Å². The highest BCUT2D eigenvalue weighted by Gasteiger charge is 2.64. The number of rotatable bonds is 8. The number of carboxylic acid groups (broad SMARTS) is 1. The average Bonchev–Trinajstić information content (AvgIpc) is 2.92. The predicted octanol–water partition coefficient (Wildman–Crippen LogP) is 4.48. The number of amides is 1. The van der Waals surface area contributed by atoms with E-state index in [9.17, 15) is 19.5 Å². The normalized spacial score (nSPS) is 23.8. The number of para-hydroxylation sites is 1. The molecule has 188 valence electrons. The highest BCUT2D eigenvalue weighted by molar-refractivity contribution is 5.98. The van der Waals surface area contributed by atoms with E-state index in [-0.39, 0.29) is 6.61 Å². The second-order valence-electron chi connectivity index (χ2n) is 9.35. The molecule has 7 heteroatoms. The quantitative estimate of drug-likeness (QED) is 0.352. The second kappa shape index (κ2) is 9.67. The van der Waals surface area contributed by atoms with Gasteiger partial charge in [-0.1, -0.05) is 73.3 Å². The van der Waals surface area contributed by atoms with Crippen molar-refractivity contribution in [2.75, 3.05) is 11.9 Å². The number of hydrogen-bond acceptors (Lipinski definition) is 5. The van der Waals surface area contributed by atoms with E-state index < -0.39 is 47.3 Å². The van der Waals surface area contributed by atoms with Crippen LogP contribution in [0.4, 0.5) is 5.69 Å². The van der Waals surface area contributed by atoms with Crippen molar-refractivity contribution in [1.82, 2.24) is 0 Å². The zero-order chi connectivity index (χ0) is 26.2. The summed E-state index contributed by atoms with van der Waals surface area (Å²) in [5.41, 5.74) is 2.22. The first-order valence-corrected chi connectivity index (χ1v) is 12.1. The number of carbonyl (C=O) groups excluding carboxylic acids is 2. The van der Waals surface area contributed by atoms with E-state index in [0.717, 1.165) is 17.2 Å². The first-order chi connectivity index (χ1) is 17.9. The minimum Gasteiger partial charge on any atom is -0.481 e. The molecule has 3 aromatic carbocycles. The van der Waals surface area contributed by atoms with Gasteiger partial charge in [0.1, 0.15) is 17.6 Å². The van der Waals surface area contributed by atoms with Crippen LogP contribution in [0.25, 0.3) is 0 Å². The number of fused-ring (bicyclic) bond motifs is 1. The molecule has 0 radical (unpaired) electrons. The minimum atomic E-state index is -1.47. The summed E-state index contributed by atoms with van der Waals surface area (Å²) < 4.78 is 11.9. The number of ether oxygens (including phenoxy) is 2. The van der Waals surface area contributed by atoms with Gasteiger partial charge in [-0.25, -0.2) is 4.79 Å². The van der Waals surface area contributed by atoms with Crippen LogP contribution in [0.5, 0.6) is 0 Å². The number of benzene rings is 3. The lowest BCUT2D eigenvalue weighted by atomic mass is 9.51. The summed E-state index contributed by atoms with van der Waals surface area (Å²) in [7, 11) is 0. The van der Waals surface area contributed by atoms with Crippen LogP contribution in [0.1, 0.15) is 35.1 Å². The van der Waals surface area contributed by atoms with Gasteiger partial charge in [-0.2, -0.15) is 0 Å². The molecule has 0 spiro atoms. The average molecular weight is 498 g/mol. The first kappa shape index (κ1) is 24.5. The first-order valence-electron chi connectivity index (χ1n) is 12.1. The molecule has 3 aliphatic carbocycles. The molecule has 0 heterocycles. The Labute approximate surface area is 214 Å². The maximum atomic E-state index is 13.8. The van der Waals surface area contributed by atoms with Crippen LogP contribution in [0, 0.1) is 11.8 Å². The zero-order valence-corrected chi connectivity index (χ0v) is 20.3. The van der Waals surface area contributed by atoms with E-state index in [1.165, 1.54) is 0 Å². The van der Waals surface area contributed by atoms with Crippen molar-refractivity contribution in [3.63, 3.8) is 0 Å². The van der Waals surface area contributed by atoms with E-state index in [0.29, 0.717) is 16.8 Å². The molecule has 2 bridgehead atoms. The van der Waals surface area contributed by atoms with E-state index in [4.69, 9.17) is 9.47 Å². The molecule has 6 rings (SSSR count). The van der Waals surface area contributed by atoms with E-state index >= 15 is 0 Å². The van der Waals surface area contributed by atoms with Gasteiger partial charge in [0.15, 0.2) is 0 Å². The second-order valence-corrected chi connectivity index (χ2v) is 9.35. The molecule has 0 aromatic heterocycles. The molecule has 7 nitrogen and oxygen atoms in total. The molecule has 2 N–H and O–H groups in total. The molecule has 0 saturated carbocycles. The van der Waals surface area contributed by atoms with E-state index in [1.807, 2.05) is 54.6 Å². The van der Waals surface area contributed by atoms with Gasteiger partial charge in [0.25, 0.3) is 0 Å². The highest BCUT2D eigenvalue weighted by Crippen LogP contribution is 2.62. The van der Waals surface area contributed by atoms with Gasteiger partial charge in [0, 0.05) is 17.7 Å². The fraction of sp³-hybridized carbons (Fsp3) is 0.233. The Balaban J connectivity index is 1.67. The number of hydrogen-bond donors (Lipinski definition) is 2. The summed E-state index contributed by atoms with van der Waals surface area (Å²) in [4.78, 5) is 38.7. The lowest BCUT2D eigenvalue weighted by Gasteiger charge is -2.55. The molecule has 3 unspecified atom stereocenters. The smallest absolute Gasteiger partial charge is 0.330 e. The van der Waals surface area contributed by atoms with Crippen LogP contribution in [0.2, 0.25) is 0 Å². The lowest BCUT2D eigenvalue weighted by molar-refractivity contribution is -0.175. The standard InChI is InChI=1S/C30H27NO6/c1-3-24(32)37-18(2)17-36-30-22-15-9-7-13-20(22)25(21-14-8-10-16-23(21)30)26(27(30)29(34)35)28(33)31-19-11-5-4-6-12-19/h3-16,18,25-27H,1,17H2,2H3,(H,31,33)(H,34,35). The fourth-order valence-corrected chi connectivity index (χ4v) is 5.84. The van der Waals surface area contributed by atoms with Gasteiger partial charge < -0.3 is 19.9 Å². The van der Waals surface area contributed by atoms with Gasteiger partial charge in [0.05, 0.1) is 12.5 Å². The molecule has 37 heavy (non-hydrogen) atoms. The van der Waals surface area contributed by atoms with Crippen LogP contribution < -0.4 is 5.32 Å². The van der Waals surface area contributed by atoms with Crippen molar-refractivity contribution >= 4 is 23.5 Å². The number of carboxylic acids is 1. The summed E-state index contributed by atoms with van der Waals surface area (Å²) in [5, 5.41) is 13.6. The summed E-state index contributed by atoms with van der Waals surface area (Å²) in [6, 6.07) is 24.0. The van der Waals surface area contributed by atoms with Crippen molar-refractivity contribution in [1.29, 1.82) is 0 Å². The molecule has 0 aliphatic heterocycles. The summed E-state index contributed by atoms with van der Waals surface area (Å²) in [6.07, 6.45) is 0.389. The van der Waals surface area contributed by atoms with Gasteiger partial charge >= 0.3 is 11.9 Å². The Hall–Kier alpha value is -4.23. The van der Waals surface area contributed by atoms with Crippen molar-refractivity contribution in [3.05, 3.63) is 114 Å². The highest BCUT2D eigenvalue weighted by atomic mass is 16.6. The molecular weight excluding hydrogens is 470 g/mol. The monoisotopic (exact) mass is 497 g/mol. The third-order valence-electron chi connectivity index (χ3n) is 7.19. The predicted molar refractivity (Wildman–Crippen MR) is 137 cm³/mol. The number of aliphatic carboxylic acids is 1. The Morgan fingerprint density at radius 3 is 2.11 bits per heavy atom. The summed E-state index contributed by atoms with van der Waals surface area (Å²) in [6.45, 7) is 5.01. The van der Waals surface area contributed by atoms with Gasteiger partial charge in [-0.15, -0.1) is 0 Å². The van der Waals surface area contributed by atoms with E-state index in [1.54, 1.807) is 31.2 Å². The third kappa shape index (κ3) is 4.01. The number of anilines is 1. The minimum absolute atomic E-state index is 0.0796. The van der Waals surface area contributed by atoms with Crippen LogP contribution in [-0.2, 0) is 29.5 Å². The van der Waals surface area contributed by atoms with Gasteiger partial charge in [-0.05, 0) is 41.3 Å². The Morgan fingerprint density at radius 1 is 0.973 bits per heavy atom. The molecule has 3 atom stereocenters. The lowest BCUT2D eigenvalue weighted by Crippen LogP contribution is -2.59. The van der Waals surface area contributed by atoms with Crippen molar-refractivity contribution in [3.8, 4) is 0 Å². The topological polar surface area (TPSA) is 102 Å². The van der Waals surface area contributed by atoms with Gasteiger partial charge in [0.2, 0.25) is 5.91 Å². The maximum absolute atomic E-state index is 13.8. The van der Waals surface area contributed by atoms with Crippen molar-refractivity contribution in [2.24, 2.45) is 11.8 Å². The summed E-state index contributed by atoms with van der Waals surface area (Å²) >= 11 is 0. The van der Waals surface area contributed by atoms with Crippen molar-refractivity contribution < 1.29 is 29.0 Å². The number of carbonyl (C=O) groups is 3. The number of esters is 1. The Morgan fingerprint density at radius 2 is 1.54 bits per heavy atom. The Bertz CT molecular complexity index is 1320. The van der Waals surface area contributed by atoms with E-state index in [2.05, 4.69) is 11.9 Å². The molecule has 3 aromatic rings.